The SMILES string of the molecule is CC1(C)CCN(C2CCN(C(=O)C(Cc3ccc(O)c(Cl)c3)[C@H]3CC(N4CCc5ccccc5NC4=O)CCN3C(=O)O)CC2)CC1. The number of hydrogen-bond acceptors (Lipinski definition) is 5. The fraction of sp³-hybridized carbons (Fsp3) is 0.583. The Balaban J connectivity index is 1.23. The lowest BCUT2D eigenvalue weighted by Crippen LogP contribution is -2.59. The molecule has 2 aromatic carbocycles. The number of fused-ring (bicyclic) bond motifs is 1. The van der Waals surface area contributed by atoms with E-state index in [0.29, 0.717) is 50.4 Å². The largest absolute Gasteiger partial charge is 0.506 e. The molecule has 0 radical (unpaired) electrons. The lowest BCUT2D eigenvalue weighted by atomic mass is 9.81. The first-order chi connectivity index (χ1) is 22.5. The maximum absolute atomic E-state index is 14.6. The lowest BCUT2D eigenvalue weighted by molar-refractivity contribution is -0.140. The van der Waals surface area contributed by atoms with E-state index in [2.05, 4.69) is 24.1 Å². The number of hydrogen-bond donors (Lipinski definition) is 3. The van der Waals surface area contributed by atoms with Gasteiger partial charge in [-0.05, 0) is 99.2 Å². The Bertz CT molecular complexity index is 1470. The molecule has 2 aromatic rings. The van der Waals surface area contributed by atoms with Crippen molar-refractivity contribution in [3.63, 3.8) is 0 Å². The van der Waals surface area contributed by atoms with Crippen molar-refractivity contribution < 1.29 is 24.6 Å². The summed E-state index contributed by atoms with van der Waals surface area (Å²) in [6.45, 7) is 8.85. The Morgan fingerprint density at radius 3 is 2.38 bits per heavy atom. The van der Waals surface area contributed by atoms with Crippen LogP contribution in [0.4, 0.5) is 15.3 Å². The van der Waals surface area contributed by atoms with Crippen LogP contribution in [0.25, 0.3) is 0 Å². The van der Waals surface area contributed by atoms with Gasteiger partial charge in [-0.15, -0.1) is 0 Å². The molecule has 0 bridgehead atoms. The highest BCUT2D eigenvalue weighted by atomic mass is 35.5. The number of halogens is 1. The Labute approximate surface area is 282 Å². The van der Waals surface area contributed by atoms with Gasteiger partial charge >= 0.3 is 12.1 Å². The van der Waals surface area contributed by atoms with Crippen LogP contribution < -0.4 is 5.32 Å². The number of phenolic OH excluding ortho intramolecular Hbond substituents is 1. The quantitative estimate of drug-likeness (QED) is 0.353. The maximum Gasteiger partial charge on any atom is 0.407 e. The van der Waals surface area contributed by atoms with Gasteiger partial charge in [0, 0.05) is 50.0 Å². The Kier molecular flexibility index (Phi) is 9.90. The van der Waals surface area contributed by atoms with E-state index in [1.165, 1.54) is 23.8 Å². The molecule has 6 rings (SSSR count). The molecular formula is C36H48ClN5O5. The first kappa shape index (κ1) is 33.4. The first-order valence-corrected chi connectivity index (χ1v) is 17.5. The molecule has 0 aliphatic carbocycles. The summed E-state index contributed by atoms with van der Waals surface area (Å²) in [6.07, 6.45) is 4.92. The molecule has 254 valence electrons. The van der Waals surface area contributed by atoms with Gasteiger partial charge < -0.3 is 35.1 Å². The van der Waals surface area contributed by atoms with Crippen LogP contribution in [-0.4, -0.2) is 105 Å². The van der Waals surface area contributed by atoms with E-state index in [9.17, 15) is 24.6 Å². The average molecular weight is 666 g/mol. The molecule has 2 unspecified atom stereocenters. The predicted molar refractivity (Wildman–Crippen MR) is 182 cm³/mol. The average Bonchev–Trinajstić information content (AvgIpc) is 3.22. The number of benzene rings is 2. The van der Waals surface area contributed by atoms with E-state index < -0.39 is 18.1 Å². The van der Waals surface area contributed by atoms with Gasteiger partial charge in [-0.1, -0.05) is 49.7 Å². The first-order valence-electron chi connectivity index (χ1n) is 17.1. The molecule has 11 heteroatoms. The topological polar surface area (TPSA) is 117 Å². The minimum atomic E-state index is -1.06. The van der Waals surface area contributed by atoms with Gasteiger partial charge in [0.05, 0.1) is 10.9 Å². The highest BCUT2D eigenvalue weighted by molar-refractivity contribution is 6.32. The second-order valence-corrected chi connectivity index (χ2v) is 15.0. The summed E-state index contributed by atoms with van der Waals surface area (Å²) in [5, 5.41) is 23.7. The van der Waals surface area contributed by atoms with Crippen molar-refractivity contribution in [2.45, 2.75) is 83.3 Å². The molecular weight excluding hydrogens is 618 g/mol. The normalized spacial score (nSPS) is 24.7. The summed E-state index contributed by atoms with van der Waals surface area (Å²) in [7, 11) is 0. The number of aromatic hydroxyl groups is 1. The monoisotopic (exact) mass is 665 g/mol. The van der Waals surface area contributed by atoms with Crippen LogP contribution in [0.5, 0.6) is 5.75 Å². The number of urea groups is 1. The minimum absolute atomic E-state index is 0.0421. The van der Waals surface area contributed by atoms with E-state index >= 15 is 0 Å². The third-order valence-electron chi connectivity index (χ3n) is 11.1. The Morgan fingerprint density at radius 2 is 1.68 bits per heavy atom. The number of rotatable bonds is 6. The van der Waals surface area contributed by atoms with Crippen LogP contribution in [0.2, 0.25) is 5.02 Å². The molecule has 0 aromatic heterocycles. The fourth-order valence-corrected chi connectivity index (χ4v) is 8.32. The van der Waals surface area contributed by atoms with Gasteiger partial charge in [0.1, 0.15) is 5.75 Å². The van der Waals surface area contributed by atoms with Crippen LogP contribution in [0, 0.1) is 11.3 Å². The number of nitrogens with zero attached hydrogens (tertiary/aromatic N) is 4. The van der Waals surface area contributed by atoms with Gasteiger partial charge in [-0.25, -0.2) is 9.59 Å². The van der Waals surface area contributed by atoms with Gasteiger partial charge in [-0.3, -0.25) is 4.79 Å². The molecule has 3 saturated heterocycles. The van der Waals surface area contributed by atoms with Crippen LogP contribution in [0.15, 0.2) is 42.5 Å². The standard InChI is InChI=1S/C36H48ClN5O5/c1-36(2)13-19-39(20-14-36)26-10-15-40(16-11-26)33(44)28(21-24-7-8-32(43)29(37)22-24)31-23-27(12-18-42(31)35(46)47)41-17-9-25-5-3-4-6-30(25)38-34(41)45/h3-8,22,26-28,31,43H,9-21,23H2,1-2H3,(H,38,45)(H,46,47)/t27?,28?,31-/m1/s1. The van der Waals surface area contributed by atoms with Crippen molar-refractivity contribution in [2.75, 3.05) is 44.6 Å². The molecule has 10 nitrogen and oxygen atoms in total. The second kappa shape index (κ2) is 13.9. The predicted octanol–water partition coefficient (Wildman–Crippen LogP) is 5.92. The van der Waals surface area contributed by atoms with Crippen LogP contribution in [0.1, 0.15) is 63.5 Å². The number of likely N-dealkylation sites (tertiary alicyclic amines) is 3. The molecule has 4 heterocycles. The van der Waals surface area contributed by atoms with Crippen LogP contribution in [-0.2, 0) is 17.6 Å². The summed E-state index contributed by atoms with van der Waals surface area (Å²) in [4.78, 5) is 48.5. The van der Waals surface area contributed by atoms with Gasteiger partial charge in [0.25, 0.3) is 0 Å². The van der Waals surface area contributed by atoms with Crippen molar-refractivity contribution in [3.05, 3.63) is 58.6 Å². The Morgan fingerprint density at radius 1 is 0.979 bits per heavy atom. The zero-order valence-corrected chi connectivity index (χ0v) is 28.3. The zero-order valence-electron chi connectivity index (χ0n) is 27.5. The van der Waals surface area contributed by atoms with E-state index in [-0.39, 0.29) is 41.7 Å². The molecule has 3 atom stereocenters. The highest BCUT2D eigenvalue weighted by Crippen LogP contribution is 2.35. The smallest absolute Gasteiger partial charge is 0.407 e. The van der Waals surface area contributed by atoms with E-state index in [0.717, 1.165) is 42.7 Å². The van der Waals surface area contributed by atoms with Gasteiger partial charge in [0.2, 0.25) is 5.91 Å². The highest BCUT2D eigenvalue weighted by Gasteiger charge is 2.44. The van der Waals surface area contributed by atoms with E-state index in [1.54, 1.807) is 12.1 Å². The van der Waals surface area contributed by atoms with Crippen LogP contribution >= 0.6 is 11.6 Å². The zero-order chi connectivity index (χ0) is 33.3. The third kappa shape index (κ3) is 7.49. The summed E-state index contributed by atoms with van der Waals surface area (Å²) in [5.41, 5.74) is 3.00. The number of carbonyl (C=O) groups is 3. The van der Waals surface area contributed by atoms with Gasteiger partial charge in [-0.2, -0.15) is 0 Å². The lowest BCUT2D eigenvalue weighted by Gasteiger charge is -2.47. The molecule has 3 fully saturated rings. The number of carbonyl (C=O) groups excluding carboxylic acids is 2. The molecule has 0 saturated carbocycles. The number of amides is 4. The van der Waals surface area contributed by atoms with Crippen molar-refractivity contribution in [1.29, 1.82) is 0 Å². The van der Waals surface area contributed by atoms with Crippen LogP contribution in [0.3, 0.4) is 0 Å². The third-order valence-corrected chi connectivity index (χ3v) is 11.4. The van der Waals surface area contributed by atoms with Crippen molar-refractivity contribution >= 4 is 35.3 Å². The molecule has 0 spiro atoms. The number of carboxylic acid groups (broad SMARTS) is 1. The van der Waals surface area contributed by atoms with Crippen molar-refractivity contribution in [1.82, 2.24) is 19.6 Å². The minimum Gasteiger partial charge on any atom is -0.506 e. The van der Waals surface area contributed by atoms with Crippen molar-refractivity contribution in [3.8, 4) is 5.75 Å². The van der Waals surface area contributed by atoms with Crippen molar-refractivity contribution in [2.24, 2.45) is 11.3 Å². The maximum atomic E-state index is 14.6. The molecule has 4 amide bonds. The molecule has 3 N–H and O–H groups in total. The van der Waals surface area contributed by atoms with E-state index in [1.807, 2.05) is 34.1 Å². The second-order valence-electron chi connectivity index (χ2n) is 14.6. The number of anilines is 1. The molecule has 4 aliphatic rings. The number of nitrogens with one attached hydrogen (secondary N) is 1. The fourth-order valence-electron chi connectivity index (χ4n) is 8.12. The molecule has 4 aliphatic heterocycles. The molecule has 47 heavy (non-hydrogen) atoms. The summed E-state index contributed by atoms with van der Waals surface area (Å²) >= 11 is 6.29. The van der Waals surface area contributed by atoms with E-state index in [4.69, 9.17) is 11.6 Å². The number of para-hydroxylation sites is 1. The summed E-state index contributed by atoms with van der Waals surface area (Å²) in [6, 6.07) is 12.1. The number of piperidine rings is 3. The summed E-state index contributed by atoms with van der Waals surface area (Å²) in [5.74, 6) is -0.773. The summed E-state index contributed by atoms with van der Waals surface area (Å²) < 4.78 is 0. The number of phenols is 1. The van der Waals surface area contributed by atoms with Gasteiger partial charge in [0.15, 0.2) is 0 Å². The Hall–Kier alpha value is -3.50.